The first-order valence-corrected chi connectivity index (χ1v) is 9.59. The Morgan fingerprint density at radius 1 is 1.44 bits per heavy atom. The van der Waals surface area contributed by atoms with E-state index in [1.54, 1.807) is 29.8 Å². The number of hydrogen-bond donors (Lipinski definition) is 0. The zero-order chi connectivity index (χ0) is 17.3. The van der Waals surface area contributed by atoms with E-state index in [2.05, 4.69) is 20.3 Å². The van der Waals surface area contributed by atoms with Crippen LogP contribution < -0.4 is 0 Å². The summed E-state index contributed by atoms with van der Waals surface area (Å²) in [5.74, 6) is 0.735. The molecule has 0 N–H and O–H groups in total. The molecule has 0 spiro atoms. The molecule has 1 saturated carbocycles. The SMILES string of the molecule is Cc1nc(COC[C@]23CCC[C@H]2CN(C(=O)c2ncccn2)C3)cs1. The van der Waals surface area contributed by atoms with Gasteiger partial charge in [-0.3, -0.25) is 4.79 Å². The summed E-state index contributed by atoms with van der Waals surface area (Å²) in [6, 6.07) is 1.73. The summed E-state index contributed by atoms with van der Waals surface area (Å²) in [5.41, 5.74) is 1.08. The van der Waals surface area contributed by atoms with Crippen molar-refractivity contribution in [3.05, 3.63) is 40.4 Å². The number of likely N-dealkylation sites (tertiary alicyclic amines) is 1. The monoisotopic (exact) mass is 358 g/mol. The highest BCUT2D eigenvalue weighted by molar-refractivity contribution is 7.09. The summed E-state index contributed by atoms with van der Waals surface area (Å²) < 4.78 is 6.03. The third-order valence-corrected chi connectivity index (χ3v) is 6.21. The lowest BCUT2D eigenvalue weighted by Crippen LogP contribution is -2.35. The highest BCUT2D eigenvalue weighted by Gasteiger charge is 2.51. The molecule has 132 valence electrons. The molecule has 0 aromatic carbocycles. The first kappa shape index (κ1) is 16.6. The van der Waals surface area contributed by atoms with Gasteiger partial charge in [0.2, 0.25) is 5.82 Å². The van der Waals surface area contributed by atoms with Crippen LogP contribution in [0.3, 0.4) is 0 Å². The topological polar surface area (TPSA) is 68.2 Å². The number of amides is 1. The van der Waals surface area contributed by atoms with Crippen LogP contribution in [0.4, 0.5) is 0 Å². The van der Waals surface area contributed by atoms with Crippen molar-refractivity contribution in [2.75, 3.05) is 19.7 Å². The number of nitrogens with zero attached hydrogens (tertiary/aromatic N) is 4. The second kappa shape index (κ2) is 6.80. The van der Waals surface area contributed by atoms with Gasteiger partial charge >= 0.3 is 0 Å². The quantitative estimate of drug-likeness (QED) is 0.822. The maximum Gasteiger partial charge on any atom is 0.291 e. The smallest absolute Gasteiger partial charge is 0.291 e. The third-order valence-electron chi connectivity index (χ3n) is 5.39. The number of thiazole rings is 1. The van der Waals surface area contributed by atoms with Crippen LogP contribution in [-0.4, -0.2) is 45.5 Å². The van der Waals surface area contributed by atoms with Crippen LogP contribution in [0, 0.1) is 18.3 Å². The number of rotatable bonds is 5. The Bertz CT molecular complexity index is 751. The van der Waals surface area contributed by atoms with Gasteiger partial charge in [0.1, 0.15) is 0 Å². The maximum atomic E-state index is 12.7. The molecule has 2 aromatic heterocycles. The highest BCUT2D eigenvalue weighted by Crippen LogP contribution is 2.49. The van der Waals surface area contributed by atoms with Gasteiger partial charge in [0.05, 0.1) is 23.9 Å². The minimum Gasteiger partial charge on any atom is -0.374 e. The summed E-state index contributed by atoms with van der Waals surface area (Å²) >= 11 is 1.65. The lowest BCUT2D eigenvalue weighted by molar-refractivity contribution is 0.0253. The van der Waals surface area contributed by atoms with Crippen LogP contribution in [0.1, 0.15) is 40.6 Å². The Morgan fingerprint density at radius 3 is 3.04 bits per heavy atom. The van der Waals surface area contributed by atoms with Crippen LogP contribution in [0.15, 0.2) is 23.8 Å². The molecule has 2 aliphatic rings. The van der Waals surface area contributed by atoms with Gasteiger partial charge in [-0.2, -0.15) is 0 Å². The van der Waals surface area contributed by atoms with Gasteiger partial charge in [-0.25, -0.2) is 15.0 Å². The lowest BCUT2D eigenvalue weighted by Gasteiger charge is -2.28. The first-order valence-electron chi connectivity index (χ1n) is 8.71. The fourth-order valence-electron chi connectivity index (χ4n) is 4.19. The molecule has 1 amide bonds. The van der Waals surface area contributed by atoms with Crippen LogP contribution in [0.2, 0.25) is 0 Å². The standard InChI is InChI=1S/C18H22N4O2S/c1-13-21-15(10-25-13)9-24-12-18-5-2-4-14(18)8-22(11-18)17(23)16-19-6-3-7-20-16/h3,6-7,10,14H,2,4-5,8-9,11-12H2,1H3/t14-,18+/m0/s1. The van der Waals surface area contributed by atoms with Gasteiger partial charge in [-0.15, -0.1) is 11.3 Å². The summed E-state index contributed by atoms with van der Waals surface area (Å²) in [6.45, 7) is 4.77. The number of carbonyl (C=O) groups excluding carboxylic acids is 1. The van der Waals surface area contributed by atoms with Crippen LogP contribution in [0.25, 0.3) is 0 Å². The molecule has 2 atom stereocenters. The van der Waals surface area contributed by atoms with Gasteiger partial charge in [-0.1, -0.05) is 6.42 Å². The predicted octanol–water partition coefficient (Wildman–Crippen LogP) is 2.70. The summed E-state index contributed by atoms with van der Waals surface area (Å²) in [4.78, 5) is 27.2. The van der Waals surface area contributed by atoms with Gasteiger partial charge in [0.15, 0.2) is 0 Å². The van der Waals surface area contributed by atoms with E-state index < -0.39 is 0 Å². The molecule has 25 heavy (non-hydrogen) atoms. The molecule has 1 aliphatic heterocycles. The number of ether oxygens (including phenoxy) is 1. The fraction of sp³-hybridized carbons (Fsp3) is 0.556. The zero-order valence-electron chi connectivity index (χ0n) is 14.4. The number of fused-ring (bicyclic) bond motifs is 1. The molecule has 2 fully saturated rings. The molecule has 6 nitrogen and oxygen atoms in total. The third kappa shape index (κ3) is 3.30. The number of hydrogen-bond acceptors (Lipinski definition) is 6. The van der Waals surface area contributed by atoms with Crippen molar-refractivity contribution in [1.82, 2.24) is 19.9 Å². The Hall–Kier alpha value is -1.86. The molecule has 0 bridgehead atoms. The van der Waals surface area contributed by atoms with Gasteiger partial charge in [-0.05, 0) is 31.7 Å². The van der Waals surface area contributed by atoms with Gasteiger partial charge in [0, 0.05) is 36.3 Å². The Balaban J connectivity index is 1.41. The Morgan fingerprint density at radius 2 is 2.28 bits per heavy atom. The normalized spacial score (nSPS) is 25.3. The van der Waals surface area contributed by atoms with Crippen molar-refractivity contribution >= 4 is 17.2 Å². The zero-order valence-corrected chi connectivity index (χ0v) is 15.2. The average Bonchev–Trinajstić information content (AvgIpc) is 3.29. The maximum absolute atomic E-state index is 12.7. The van der Waals surface area contributed by atoms with Crippen LogP contribution in [-0.2, 0) is 11.3 Å². The highest BCUT2D eigenvalue weighted by atomic mass is 32.1. The second-order valence-corrected chi connectivity index (χ2v) is 8.12. The summed E-state index contributed by atoms with van der Waals surface area (Å²) in [6.07, 6.45) is 6.73. The van der Waals surface area contributed by atoms with Crippen molar-refractivity contribution in [2.24, 2.45) is 11.3 Å². The fourth-order valence-corrected chi connectivity index (χ4v) is 4.79. The average molecular weight is 358 g/mol. The van der Waals surface area contributed by atoms with Crippen molar-refractivity contribution in [3.63, 3.8) is 0 Å². The largest absolute Gasteiger partial charge is 0.374 e. The Kier molecular flexibility index (Phi) is 4.52. The number of aromatic nitrogens is 3. The Labute approximate surface area is 151 Å². The molecule has 3 heterocycles. The van der Waals surface area contributed by atoms with E-state index in [9.17, 15) is 4.79 Å². The number of carbonyl (C=O) groups is 1. The van der Waals surface area contributed by atoms with E-state index in [-0.39, 0.29) is 17.1 Å². The minimum absolute atomic E-state index is 0.0653. The molecule has 2 aromatic rings. The van der Waals surface area contributed by atoms with Gasteiger partial charge < -0.3 is 9.64 Å². The van der Waals surface area contributed by atoms with E-state index >= 15 is 0 Å². The molecular formula is C18H22N4O2S. The molecule has 0 unspecified atom stereocenters. The second-order valence-electron chi connectivity index (χ2n) is 7.06. The molecule has 1 saturated heterocycles. The van der Waals surface area contributed by atoms with Gasteiger partial charge in [0.25, 0.3) is 5.91 Å². The van der Waals surface area contributed by atoms with Crippen molar-refractivity contribution in [1.29, 1.82) is 0 Å². The number of aryl methyl sites for hydroxylation is 1. The van der Waals surface area contributed by atoms with E-state index in [4.69, 9.17) is 4.74 Å². The molecule has 0 radical (unpaired) electrons. The predicted molar refractivity (Wildman–Crippen MR) is 94.2 cm³/mol. The summed E-state index contributed by atoms with van der Waals surface area (Å²) in [5, 5.41) is 3.12. The van der Waals surface area contributed by atoms with Crippen molar-refractivity contribution in [2.45, 2.75) is 32.8 Å². The van der Waals surface area contributed by atoms with E-state index in [0.717, 1.165) is 30.2 Å². The summed E-state index contributed by atoms with van der Waals surface area (Å²) in [7, 11) is 0. The van der Waals surface area contributed by atoms with E-state index in [1.807, 2.05) is 11.8 Å². The van der Waals surface area contributed by atoms with E-state index in [1.165, 1.54) is 12.8 Å². The molecular weight excluding hydrogens is 336 g/mol. The molecule has 7 heteroatoms. The molecule has 4 rings (SSSR count). The van der Waals surface area contributed by atoms with Crippen molar-refractivity contribution in [3.8, 4) is 0 Å². The van der Waals surface area contributed by atoms with Crippen molar-refractivity contribution < 1.29 is 9.53 Å². The van der Waals surface area contributed by atoms with Crippen LogP contribution >= 0.6 is 11.3 Å². The minimum atomic E-state index is -0.0653. The lowest BCUT2D eigenvalue weighted by atomic mass is 9.81. The van der Waals surface area contributed by atoms with Crippen LogP contribution in [0.5, 0.6) is 0 Å². The first-order chi connectivity index (χ1) is 12.2. The molecule has 1 aliphatic carbocycles. The van der Waals surface area contributed by atoms with E-state index in [0.29, 0.717) is 19.1 Å².